The largest absolute Gasteiger partial charge is 0.481 e. The molecule has 0 aliphatic heterocycles. The lowest BCUT2D eigenvalue weighted by Crippen LogP contribution is -2.42. The standard InChI is InChI=1S/C19H29N5.C6H8O7/c1-23(14-19-17-9-5-6-10-18(17)21-22-19)12-15-11-20-24(13-15)16-7-3-2-4-8-16;7-3(8)1-6(13,5(11)12)2-4(9)10/h11,13,16H,2-10,12,14H2,1H3,(H,21,22);13H,1-2H2,(H,7,8)(H,9,10)(H,11,12). The smallest absolute Gasteiger partial charge is 0.336 e. The monoisotopic (exact) mass is 519 g/mol. The van der Waals surface area contributed by atoms with Crippen molar-refractivity contribution in [2.75, 3.05) is 7.05 Å². The van der Waals surface area contributed by atoms with Crippen LogP contribution in [-0.2, 0) is 40.3 Å². The molecule has 2 aromatic rings. The van der Waals surface area contributed by atoms with E-state index in [1.54, 1.807) is 0 Å². The van der Waals surface area contributed by atoms with E-state index in [4.69, 9.17) is 20.4 Å². The number of carboxylic acids is 3. The van der Waals surface area contributed by atoms with E-state index in [0.717, 1.165) is 13.1 Å². The summed E-state index contributed by atoms with van der Waals surface area (Å²) in [5.41, 5.74) is 2.66. The Bertz CT molecular complexity index is 1060. The van der Waals surface area contributed by atoms with Crippen LogP contribution in [0.1, 0.15) is 86.3 Å². The number of rotatable bonds is 10. The van der Waals surface area contributed by atoms with E-state index in [-0.39, 0.29) is 0 Å². The van der Waals surface area contributed by atoms with Crippen LogP contribution in [0.5, 0.6) is 0 Å². The molecule has 5 N–H and O–H groups in total. The molecule has 0 saturated heterocycles. The zero-order chi connectivity index (χ0) is 27.0. The Labute approximate surface area is 215 Å². The first-order chi connectivity index (χ1) is 17.6. The molecule has 4 rings (SSSR count). The Balaban J connectivity index is 0.000000251. The Hall–Kier alpha value is -3.25. The number of aliphatic carboxylic acids is 3. The van der Waals surface area contributed by atoms with Crippen LogP contribution in [-0.4, -0.2) is 75.9 Å². The topological polar surface area (TPSA) is 182 Å². The van der Waals surface area contributed by atoms with Crippen LogP contribution in [0, 0.1) is 0 Å². The molecule has 0 aromatic carbocycles. The molecule has 0 unspecified atom stereocenters. The summed E-state index contributed by atoms with van der Waals surface area (Å²) in [6, 6.07) is 0.621. The minimum Gasteiger partial charge on any atom is -0.481 e. The first-order valence-electron chi connectivity index (χ1n) is 12.7. The summed E-state index contributed by atoms with van der Waals surface area (Å²) >= 11 is 0. The molecule has 0 atom stereocenters. The fourth-order valence-corrected chi connectivity index (χ4v) is 5.02. The van der Waals surface area contributed by atoms with Gasteiger partial charge in [-0.1, -0.05) is 19.3 Å². The van der Waals surface area contributed by atoms with Gasteiger partial charge in [-0.25, -0.2) is 4.79 Å². The number of fused-ring (bicyclic) bond motifs is 1. The number of carboxylic acid groups (broad SMARTS) is 3. The fourth-order valence-electron chi connectivity index (χ4n) is 5.02. The maximum Gasteiger partial charge on any atom is 0.336 e. The highest BCUT2D eigenvalue weighted by Gasteiger charge is 2.40. The molecule has 2 aromatic heterocycles. The van der Waals surface area contributed by atoms with Crippen molar-refractivity contribution >= 4 is 17.9 Å². The molecular formula is C25H37N5O7. The van der Waals surface area contributed by atoms with Crippen LogP contribution >= 0.6 is 0 Å². The van der Waals surface area contributed by atoms with Gasteiger partial charge in [-0.2, -0.15) is 10.2 Å². The van der Waals surface area contributed by atoms with Crippen LogP contribution in [0.3, 0.4) is 0 Å². The number of nitrogens with one attached hydrogen (secondary N) is 1. The first kappa shape index (κ1) is 28.3. The van der Waals surface area contributed by atoms with Crippen molar-refractivity contribution in [3.63, 3.8) is 0 Å². The van der Waals surface area contributed by atoms with E-state index in [9.17, 15) is 14.4 Å². The van der Waals surface area contributed by atoms with Crippen molar-refractivity contribution in [1.29, 1.82) is 0 Å². The van der Waals surface area contributed by atoms with E-state index in [1.165, 1.54) is 80.3 Å². The van der Waals surface area contributed by atoms with Crippen molar-refractivity contribution in [1.82, 2.24) is 24.9 Å². The number of hydrogen-bond donors (Lipinski definition) is 5. The van der Waals surface area contributed by atoms with Crippen molar-refractivity contribution in [3.05, 3.63) is 34.9 Å². The highest BCUT2D eigenvalue weighted by Crippen LogP contribution is 2.28. The lowest BCUT2D eigenvalue weighted by Gasteiger charge is -2.21. The Kier molecular flexibility index (Phi) is 9.81. The second-order valence-corrected chi connectivity index (χ2v) is 10.1. The van der Waals surface area contributed by atoms with Gasteiger partial charge in [-0.3, -0.25) is 24.3 Å². The summed E-state index contributed by atoms with van der Waals surface area (Å²) in [5, 5.41) is 46.3. The molecule has 2 aliphatic carbocycles. The minimum absolute atomic E-state index is 0.621. The number of aliphatic hydroxyl groups is 1. The molecule has 0 radical (unpaired) electrons. The predicted octanol–water partition coefficient (Wildman–Crippen LogP) is 2.37. The van der Waals surface area contributed by atoms with E-state index >= 15 is 0 Å². The molecule has 1 saturated carbocycles. The summed E-state index contributed by atoms with van der Waals surface area (Å²) in [4.78, 5) is 32.8. The average molecular weight is 520 g/mol. The van der Waals surface area contributed by atoms with E-state index in [0.29, 0.717) is 6.04 Å². The van der Waals surface area contributed by atoms with Gasteiger partial charge in [0, 0.05) is 30.5 Å². The van der Waals surface area contributed by atoms with Crippen LogP contribution in [0.2, 0.25) is 0 Å². The van der Waals surface area contributed by atoms with Gasteiger partial charge in [0.25, 0.3) is 0 Å². The predicted molar refractivity (Wildman–Crippen MR) is 132 cm³/mol. The number of aryl methyl sites for hydroxylation is 1. The Morgan fingerprint density at radius 2 is 1.68 bits per heavy atom. The molecule has 0 spiro atoms. The zero-order valence-electron chi connectivity index (χ0n) is 21.2. The van der Waals surface area contributed by atoms with Crippen LogP contribution in [0.4, 0.5) is 0 Å². The summed E-state index contributed by atoms with van der Waals surface area (Å²) < 4.78 is 2.21. The van der Waals surface area contributed by atoms with Gasteiger partial charge in [-0.05, 0) is 51.1 Å². The van der Waals surface area contributed by atoms with Gasteiger partial charge in [0.15, 0.2) is 5.60 Å². The Morgan fingerprint density at radius 3 is 2.30 bits per heavy atom. The van der Waals surface area contributed by atoms with Crippen molar-refractivity contribution in [2.24, 2.45) is 0 Å². The fraction of sp³-hybridized carbons (Fsp3) is 0.640. The number of carbonyl (C=O) groups is 3. The highest BCUT2D eigenvalue weighted by atomic mass is 16.4. The average Bonchev–Trinajstić information content (AvgIpc) is 3.46. The third-order valence-corrected chi connectivity index (χ3v) is 6.90. The lowest BCUT2D eigenvalue weighted by molar-refractivity contribution is -0.170. The normalized spacial score (nSPS) is 16.1. The van der Waals surface area contributed by atoms with Gasteiger partial charge in [0.05, 0.1) is 30.8 Å². The minimum atomic E-state index is -2.74. The number of aromatic amines is 1. The quantitative estimate of drug-likeness (QED) is 0.312. The molecule has 2 heterocycles. The van der Waals surface area contributed by atoms with Gasteiger partial charge < -0.3 is 20.4 Å². The molecule has 12 nitrogen and oxygen atoms in total. The van der Waals surface area contributed by atoms with Gasteiger partial charge in [0.2, 0.25) is 0 Å². The van der Waals surface area contributed by atoms with E-state index in [2.05, 4.69) is 38.1 Å². The number of aromatic nitrogens is 4. The SMILES string of the molecule is CN(Cc1cnn(C2CCCCC2)c1)Cc1n[nH]c2c1CCCC2.O=C(O)CC(O)(CC(=O)O)C(=O)O. The molecule has 1 fully saturated rings. The molecule has 0 bridgehead atoms. The molecule has 204 valence electrons. The van der Waals surface area contributed by atoms with Crippen molar-refractivity contribution in [2.45, 2.75) is 95.4 Å². The first-order valence-corrected chi connectivity index (χ1v) is 12.7. The summed E-state index contributed by atoms with van der Waals surface area (Å²) in [7, 11) is 2.18. The number of hydrogen-bond acceptors (Lipinski definition) is 7. The molecule has 37 heavy (non-hydrogen) atoms. The van der Waals surface area contributed by atoms with Crippen molar-refractivity contribution in [3.8, 4) is 0 Å². The molecule has 12 heteroatoms. The summed E-state index contributed by atoms with van der Waals surface area (Å²) in [6.45, 7) is 1.86. The van der Waals surface area contributed by atoms with Crippen LogP contribution in [0.15, 0.2) is 12.4 Å². The second kappa shape index (κ2) is 12.8. The van der Waals surface area contributed by atoms with Crippen LogP contribution in [0.25, 0.3) is 0 Å². The summed E-state index contributed by atoms with van der Waals surface area (Å²) in [6.07, 6.45) is 13.6. The zero-order valence-corrected chi connectivity index (χ0v) is 21.2. The van der Waals surface area contributed by atoms with Crippen LogP contribution < -0.4 is 0 Å². The Morgan fingerprint density at radius 1 is 1.03 bits per heavy atom. The molecule has 0 amide bonds. The maximum atomic E-state index is 10.3. The van der Waals surface area contributed by atoms with E-state index in [1.807, 2.05) is 6.20 Å². The maximum absolute atomic E-state index is 10.3. The molecule has 2 aliphatic rings. The van der Waals surface area contributed by atoms with Gasteiger partial charge in [-0.15, -0.1) is 0 Å². The molecular weight excluding hydrogens is 482 g/mol. The number of H-pyrrole nitrogens is 1. The second-order valence-electron chi connectivity index (χ2n) is 10.1. The highest BCUT2D eigenvalue weighted by molar-refractivity contribution is 5.88. The number of nitrogens with zero attached hydrogens (tertiary/aromatic N) is 4. The third-order valence-electron chi connectivity index (χ3n) is 6.90. The summed E-state index contributed by atoms with van der Waals surface area (Å²) in [5.74, 6) is -5.02. The van der Waals surface area contributed by atoms with Gasteiger partial charge in [0.1, 0.15) is 0 Å². The van der Waals surface area contributed by atoms with E-state index < -0.39 is 36.4 Å². The van der Waals surface area contributed by atoms with Gasteiger partial charge >= 0.3 is 17.9 Å². The lowest BCUT2D eigenvalue weighted by atomic mass is 9.96. The van der Waals surface area contributed by atoms with Crippen molar-refractivity contribution < 1.29 is 34.8 Å². The third kappa shape index (κ3) is 8.12.